The summed E-state index contributed by atoms with van der Waals surface area (Å²) in [6.07, 6.45) is -0.917. The molecule has 194 valence electrons. The maximum absolute atomic E-state index is 13.4. The zero-order valence-electron chi connectivity index (χ0n) is 20.2. The number of methoxy groups -OCH3 is 1. The van der Waals surface area contributed by atoms with Crippen LogP contribution >= 0.6 is 11.3 Å². The number of nitriles is 1. The minimum absolute atomic E-state index is 0.0108. The number of pyridine rings is 2. The van der Waals surface area contributed by atoms with Crippen molar-refractivity contribution < 1.29 is 22.7 Å². The molecule has 0 aliphatic heterocycles. The van der Waals surface area contributed by atoms with Crippen molar-refractivity contribution in [3.05, 3.63) is 77.5 Å². The van der Waals surface area contributed by atoms with Gasteiger partial charge in [0.15, 0.2) is 15.6 Å². The molecule has 4 heterocycles. The first-order valence-corrected chi connectivity index (χ1v) is 12.0. The second kappa shape index (κ2) is 10.1. The Morgan fingerprint density at radius 1 is 1.03 bits per heavy atom. The van der Waals surface area contributed by atoms with Crippen molar-refractivity contribution in [2.75, 3.05) is 12.4 Å². The van der Waals surface area contributed by atoms with E-state index >= 15 is 0 Å². The number of nitrogens with zero attached hydrogens (tertiary/aromatic N) is 6. The van der Waals surface area contributed by atoms with Crippen LogP contribution in [0.4, 0.5) is 18.3 Å². The van der Waals surface area contributed by atoms with E-state index in [0.29, 0.717) is 27.4 Å². The lowest BCUT2D eigenvalue weighted by Crippen LogP contribution is -2.14. The number of carbonyl (C=O) groups is 1. The minimum atomic E-state index is -4.69. The predicted octanol–water partition coefficient (Wildman–Crippen LogP) is 5.67. The first kappa shape index (κ1) is 25.7. The van der Waals surface area contributed by atoms with Gasteiger partial charge in [0.05, 0.1) is 42.4 Å². The van der Waals surface area contributed by atoms with Crippen molar-refractivity contribution >= 4 is 32.9 Å². The highest BCUT2D eigenvalue weighted by Crippen LogP contribution is 2.37. The van der Waals surface area contributed by atoms with Crippen molar-refractivity contribution in [3.63, 3.8) is 0 Å². The van der Waals surface area contributed by atoms with Crippen LogP contribution in [0.25, 0.3) is 32.9 Å². The fourth-order valence-electron chi connectivity index (χ4n) is 3.73. The first-order valence-electron chi connectivity index (χ1n) is 11.2. The minimum Gasteiger partial charge on any atom is -0.494 e. The smallest absolute Gasteiger partial charge is 0.433 e. The second-order valence-electron chi connectivity index (χ2n) is 8.19. The monoisotopic (exact) mass is 547 g/mol. The summed E-state index contributed by atoms with van der Waals surface area (Å²) in [5, 5.41) is 11.8. The van der Waals surface area contributed by atoms with Gasteiger partial charge in [-0.15, -0.1) is 0 Å². The van der Waals surface area contributed by atoms with Crippen LogP contribution in [0.15, 0.2) is 55.0 Å². The number of rotatable bonds is 5. The van der Waals surface area contributed by atoms with E-state index in [1.54, 1.807) is 31.2 Å². The molecule has 1 N–H and O–H groups in total. The Bertz CT molecular complexity index is 1760. The molecule has 0 bridgehead atoms. The van der Waals surface area contributed by atoms with Gasteiger partial charge in [-0.2, -0.15) is 23.4 Å². The molecule has 0 radical (unpaired) electrons. The lowest BCUT2D eigenvalue weighted by molar-refractivity contribution is -0.141. The summed E-state index contributed by atoms with van der Waals surface area (Å²) < 4.78 is 45.4. The molecule has 0 fully saturated rings. The molecule has 0 aliphatic rings. The number of carbonyl (C=O) groups excluding carboxylic acids is 1. The van der Waals surface area contributed by atoms with Gasteiger partial charge in [0.25, 0.3) is 5.91 Å². The number of ether oxygens (including phenoxy) is 1. The molecule has 1 amide bonds. The summed E-state index contributed by atoms with van der Waals surface area (Å²) in [4.78, 5) is 34.5. The Morgan fingerprint density at radius 3 is 2.49 bits per heavy atom. The summed E-state index contributed by atoms with van der Waals surface area (Å²) in [6.45, 7) is 1.65. The van der Waals surface area contributed by atoms with E-state index in [1.165, 1.54) is 25.6 Å². The van der Waals surface area contributed by atoms with E-state index in [4.69, 9.17) is 10.00 Å². The number of aryl methyl sites for hydroxylation is 1. The van der Waals surface area contributed by atoms with Crippen molar-refractivity contribution in [1.82, 2.24) is 24.9 Å². The number of alkyl halides is 3. The van der Waals surface area contributed by atoms with Gasteiger partial charge in [-0.05, 0) is 31.2 Å². The molecule has 0 saturated heterocycles. The lowest BCUT2D eigenvalue weighted by Gasteiger charge is -2.15. The van der Waals surface area contributed by atoms with E-state index in [-0.39, 0.29) is 27.6 Å². The zero-order valence-corrected chi connectivity index (χ0v) is 21.1. The molecule has 13 heteroatoms. The van der Waals surface area contributed by atoms with Crippen LogP contribution in [0.2, 0.25) is 0 Å². The van der Waals surface area contributed by atoms with E-state index in [9.17, 15) is 18.0 Å². The molecule has 4 aromatic heterocycles. The van der Waals surface area contributed by atoms with E-state index in [0.717, 1.165) is 29.2 Å². The van der Waals surface area contributed by atoms with Gasteiger partial charge in [-0.1, -0.05) is 23.5 Å². The number of hydrogen-bond donors (Lipinski definition) is 1. The Balaban J connectivity index is 1.49. The Hall–Kier alpha value is -4.96. The van der Waals surface area contributed by atoms with Gasteiger partial charge >= 0.3 is 6.18 Å². The Kier molecular flexibility index (Phi) is 6.63. The van der Waals surface area contributed by atoms with Gasteiger partial charge in [0.1, 0.15) is 11.4 Å². The summed E-state index contributed by atoms with van der Waals surface area (Å²) in [6, 6.07) is 11.2. The number of thiazole rings is 1. The van der Waals surface area contributed by atoms with Crippen LogP contribution < -0.4 is 10.1 Å². The maximum atomic E-state index is 13.4. The van der Waals surface area contributed by atoms with E-state index < -0.39 is 17.8 Å². The van der Waals surface area contributed by atoms with Gasteiger partial charge in [0, 0.05) is 28.6 Å². The van der Waals surface area contributed by atoms with Gasteiger partial charge in [-0.3, -0.25) is 15.1 Å². The molecule has 0 aliphatic carbocycles. The summed E-state index contributed by atoms with van der Waals surface area (Å²) in [7, 11) is 1.30. The quantitative estimate of drug-likeness (QED) is 0.298. The van der Waals surface area contributed by atoms with Gasteiger partial charge in [-0.25, -0.2) is 15.0 Å². The van der Waals surface area contributed by atoms with Crippen molar-refractivity contribution in [2.45, 2.75) is 13.1 Å². The van der Waals surface area contributed by atoms with Crippen LogP contribution in [-0.2, 0) is 6.18 Å². The van der Waals surface area contributed by atoms with Crippen LogP contribution in [0, 0.1) is 18.3 Å². The standard InChI is InChI=1S/C26H16F3N7O2S/c1-13-7-16(17-8-21(26(27,28)29)32-12-20(17)38-2)18(10-31-13)23(37)36-25-35-22-24(39-25)34-19(11-33-22)15-5-3-14(9-30)4-6-15/h3-8,10-12H,1-2H3,(H,33,35,36,37). The van der Waals surface area contributed by atoms with E-state index in [1.807, 2.05) is 0 Å². The number of aromatic nitrogens is 5. The Morgan fingerprint density at radius 2 is 1.79 bits per heavy atom. The van der Waals surface area contributed by atoms with Gasteiger partial charge < -0.3 is 4.74 Å². The third-order valence-corrected chi connectivity index (χ3v) is 6.46. The number of hydrogen-bond acceptors (Lipinski definition) is 9. The van der Waals surface area contributed by atoms with E-state index in [2.05, 4.69) is 36.3 Å². The highest BCUT2D eigenvalue weighted by molar-refractivity contribution is 7.21. The molecule has 9 nitrogen and oxygen atoms in total. The second-order valence-corrected chi connectivity index (χ2v) is 9.16. The molecule has 0 saturated carbocycles. The molecule has 5 aromatic rings. The molecular formula is C26H16F3N7O2S. The van der Waals surface area contributed by atoms with Crippen LogP contribution in [0.3, 0.4) is 0 Å². The number of amides is 1. The molecule has 5 rings (SSSR count). The number of fused-ring (bicyclic) bond motifs is 1. The largest absolute Gasteiger partial charge is 0.494 e. The highest BCUT2D eigenvalue weighted by atomic mass is 32.1. The molecular weight excluding hydrogens is 531 g/mol. The molecule has 0 unspecified atom stereocenters. The topological polar surface area (TPSA) is 127 Å². The fourth-order valence-corrected chi connectivity index (χ4v) is 4.52. The zero-order chi connectivity index (χ0) is 27.7. The normalized spacial score (nSPS) is 11.3. The average Bonchev–Trinajstić information content (AvgIpc) is 3.33. The van der Waals surface area contributed by atoms with Crippen molar-refractivity contribution in [3.8, 4) is 34.2 Å². The molecule has 0 spiro atoms. The molecule has 39 heavy (non-hydrogen) atoms. The number of halogens is 3. The molecule has 0 atom stereocenters. The predicted molar refractivity (Wildman–Crippen MR) is 137 cm³/mol. The lowest BCUT2D eigenvalue weighted by atomic mass is 9.99. The molecule has 1 aromatic carbocycles. The summed E-state index contributed by atoms with van der Waals surface area (Å²) in [5.74, 6) is -0.581. The fraction of sp³-hybridized carbons (Fsp3) is 0.115. The van der Waals surface area contributed by atoms with Gasteiger partial charge in [0.2, 0.25) is 0 Å². The van der Waals surface area contributed by atoms with Crippen molar-refractivity contribution in [1.29, 1.82) is 5.26 Å². The van der Waals surface area contributed by atoms with Crippen LogP contribution in [-0.4, -0.2) is 37.9 Å². The summed E-state index contributed by atoms with van der Waals surface area (Å²) in [5.41, 5.74) is 1.72. The number of nitrogens with one attached hydrogen (secondary N) is 1. The number of anilines is 1. The van der Waals surface area contributed by atoms with Crippen LogP contribution in [0.5, 0.6) is 5.75 Å². The first-order chi connectivity index (χ1) is 18.7. The average molecular weight is 548 g/mol. The van der Waals surface area contributed by atoms with Crippen molar-refractivity contribution in [2.24, 2.45) is 0 Å². The highest BCUT2D eigenvalue weighted by Gasteiger charge is 2.34. The number of benzene rings is 1. The third-order valence-electron chi connectivity index (χ3n) is 5.61. The summed E-state index contributed by atoms with van der Waals surface area (Å²) >= 11 is 1.08. The Labute approximate surface area is 223 Å². The maximum Gasteiger partial charge on any atom is 0.433 e. The van der Waals surface area contributed by atoms with Crippen LogP contribution in [0.1, 0.15) is 27.3 Å². The SMILES string of the molecule is COc1cnc(C(F)(F)F)cc1-c1cc(C)ncc1C(=O)Nc1nc2ncc(-c3ccc(C#N)cc3)nc2s1. The third kappa shape index (κ3) is 5.23.